The predicted octanol–water partition coefficient (Wildman–Crippen LogP) is 2.24. The zero-order chi connectivity index (χ0) is 14.1. The van der Waals surface area contributed by atoms with E-state index in [9.17, 15) is 9.90 Å². The number of nitrogens with zero attached hydrogens (tertiary/aromatic N) is 1. The van der Waals surface area contributed by atoms with Crippen LogP contribution in [-0.2, 0) is 16.1 Å². The van der Waals surface area contributed by atoms with Gasteiger partial charge in [-0.2, -0.15) is 0 Å². The van der Waals surface area contributed by atoms with Crippen LogP contribution < -0.4 is 0 Å². The Kier molecular flexibility index (Phi) is 3.76. The van der Waals surface area contributed by atoms with Crippen molar-refractivity contribution in [1.82, 2.24) is 4.90 Å². The van der Waals surface area contributed by atoms with Crippen LogP contribution in [0, 0.1) is 0 Å². The maximum Gasteiger partial charge on any atom is 0.312 e. The molecule has 0 radical (unpaired) electrons. The van der Waals surface area contributed by atoms with Crippen molar-refractivity contribution in [1.29, 1.82) is 0 Å². The van der Waals surface area contributed by atoms with E-state index in [0.29, 0.717) is 18.7 Å². The van der Waals surface area contributed by atoms with E-state index in [0.717, 1.165) is 37.1 Å². The Bertz CT molecular complexity index is 496. The first kappa shape index (κ1) is 13.6. The molecule has 2 aliphatic rings. The second-order valence-electron chi connectivity index (χ2n) is 5.72. The largest absolute Gasteiger partial charge is 0.481 e. The molecule has 3 rings (SSSR count). The average molecular weight is 275 g/mol. The van der Waals surface area contributed by atoms with Gasteiger partial charge in [-0.1, -0.05) is 24.3 Å². The lowest BCUT2D eigenvalue weighted by Gasteiger charge is -2.45. The summed E-state index contributed by atoms with van der Waals surface area (Å²) >= 11 is 0. The van der Waals surface area contributed by atoms with Crippen molar-refractivity contribution >= 4 is 5.97 Å². The number of hydrogen-bond acceptors (Lipinski definition) is 3. The molecule has 0 spiro atoms. The first-order valence-electron chi connectivity index (χ1n) is 7.35. The third kappa shape index (κ3) is 2.45. The summed E-state index contributed by atoms with van der Waals surface area (Å²) < 4.78 is 5.60. The molecule has 0 saturated heterocycles. The normalized spacial score (nSPS) is 29.6. The quantitative estimate of drug-likeness (QED) is 0.915. The highest BCUT2D eigenvalue weighted by Crippen LogP contribution is 2.35. The average Bonchev–Trinajstić information content (AvgIpc) is 2.41. The summed E-state index contributed by atoms with van der Waals surface area (Å²) in [6.07, 6.45) is 2.43. The molecule has 4 heteroatoms. The maximum absolute atomic E-state index is 11.5. The van der Waals surface area contributed by atoms with E-state index in [1.165, 1.54) is 0 Å². The van der Waals surface area contributed by atoms with Gasteiger partial charge in [-0.3, -0.25) is 9.69 Å². The highest BCUT2D eigenvalue weighted by atomic mass is 16.5. The standard InChI is InChI=1S/C16H21NO3/c1-2-20-13-7-12(8-13)17-9-11-5-3-4-6-14(11)15(10-17)16(18)19/h3-6,12-13,15H,2,7-10H2,1H3,(H,18,19). The Morgan fingerprint density at radius 2 is 2.15 bits per heavy atom. The van der Waals surface area contributed by atoms with Gasteiger partial charge >= 0.3 is 5.97 Å². The topological polar surface area (TPSA) is 49.8 Å². The van der Waals surface area contributed by atoms with E-state index in [1.807, 2.05) is 25.1 Å². The molecule has 1 heterocycles. The Labute approximate surface area is 119 Å². The molecule has 0 bridgehead atoms. The molecule has 4 nitrogen and oxygen atoms in total. The zero-order valence-electron chi connectivity index (χ0n) is 11.8. The van der Waals surface area contributed by atoms with Crippen LogP contribution >= 0.6 is 0 Å². The van der Waals surface area contributed by atoms with Crippen LogP contribution in [0.15, 0.2) is 24.3 Å². The summed E-state index contributed by atoms with van der Waals surface area (Å²) in [5.74, 6) is -1.12. The minimum Gasteiger partial charge on any atom is -0.481 e. The number of fused-ring (bicyclic) bond motifs is 1. The van der Waals surface area contributed by atoms with Crippen LogP contribution in [0.25, 0.3) is 0 Å². The van der Waals surface area contributed by atoms with Crippen molar-refractivity contribution < 1.29 is 14.6 Å². The van der Waals surface area contributed by atoms with Gasteiger partial charge in [0.05, 0.1) is 12.0 Å². The molecule has 20 heavy (non-hydrogen) atoms. The molecule has 1 aliphatic heterocycles. The highest BCUT2D eigenvalue weighted by molar-refractivity contribution is 5.77. The van der Waals surface area contributed by atoms with Crippen LogP contribution in [0.2, 0.25) is 0 Å². The number of benzene rings is 1. The van der Waals surface area contributed by atoms with Crippen LogP contribution in [0.3, 0.4) is 0 Å². The summed E-state index contributed by atoms with van der Waals surface area (Å²) in [5.41, 5.74) is 2.14. The van der Waals surface area contributed by atoms with Crippen LogP contribution in [-0.4, -0.2) is 41.3 Å². The summed E-state index contributed by atoms with van der Waals surface area (Å²) in [6, 6.07) is 8.40. The van der Waals surface area contributed by atoms with Gasteiger partial charge in [0.1, 0.15) is 0 Å². The first-order valence-corrected chi connectivity index (χ1v) is 7.35. The summed E-state index contributed by atoms with van der Waals surface area (Å²) in [5, 5.41) is 9.46. The monoisotopic (exact) mass is 275 g/mol. The number of aliphatic carboxylic acids is 1. The smallest absolute Gasteiger partial charge is 0.312 e. The minimum atomic E-state index is -0.720. The Morgan fingerprint density at radius 3 is 2.85 bits per heavy atom. The first-order chi connectivity index (χ1) is 9.69. The summed E-state index contributed by atoms with van der Waals surface area (Å²) in [7, 11) is 0. The van der Waals surface area contributed by atoms with Gasteiger partial charge in [-0.05, 0) is 30.9 Å². The van der Waals surface area contributed by atoms with E-state index in [1.54, 1.807) is 0 Å². The third-order valence-electron chi connectivity index (χ3n) is 4.51. The number of hydrogen-bond donors (Lipinski definition) is 1. The minimum absolute atomic E-state index is 0.366. The lowest BCUT2D eigenvalue weighted by molar-refractivity contribution is -0.140. The molecular weight excluding hydrogens is 254 g/mol. The Morgan fingerprint density at radius 1 is 1.40 bits per heavy atom. The second-order valence-corrected chi connectivity index (χ2v) is 5.72. The molecule has 1 aromatic rings. The molecule has 1 fully saturated rings. The summed E-state index contributed by atoms with van der Waals surface area (Å²) in [4.78, 5) is 13.8. The molecule has 108 valence electrons. The SMILES string of the molecule is CCOC1CC(N2Cc3ccccc3C(C(=O)O)C2)C1. The van der Waals surface area contributed by atoms with E-state index < -0.39 is 11.9 Å². The molecule has 1 N–H and O–H groups in total. The van der Waals surface area contributed by atoms with Gasteiger partial charge in [-0.15, -0.1) is 0 Å². The van der Waals surface area contributed by atoms with Gasteiger partial charge in [0.25, 0.3) is 0 Å². The van der Waals surface area contributed by atoms with Gasteiger partial charge in [0.2, 0.25) is 0 Å². The van der Waals surface area contributed by atoms with Crippen molar-refractivity contribution in [3.63, 3.8) is 0 Å². The fourth-order valence-electron chi connectivity index (χ4n) is 3.33. The Hall–Kier alpha value is -1.39. The predicted molar refractivity (Wildman–Crippen MR) is 75.7 cm³/mol. The molecule has 1 saturated carbocycles. The van der Waals surface area contributed by atoms with Crippen molar-refractivity contribution in [3.05, 3.63) is 35.4 Å². The zero-order valence-corrected chi connectivity index (χ0v) is 11.8. The fourth-order valence-corrected chi connectivity index (χ4v) is 3.33. The van der Waals surface area contributed by atoms with E-state index in [4.69, 9.17) is 4.74 Å². The lowest BCUT2D eigenvalue weighted by Crippen LogP contribution is -2.51. The number of carboxylic acid groups (broad SMARTS) is 1. The number of carbonyl (C=O) groups is 1. The molecule has 1 atom stereocenters. The fraction of sp³-hybridized carbons (Fsp3) is 0.562. The van der Waals surface area contributed by atoms with Crippen molar-refractivity contribution in [2.24, 2.45) is 0 Å². The number of rotatable bonds is 4. The van der Waals surface area contributed by atoms with Crippen molar-refractivity contribution in [3.8, 4) is 0 Å². The molecule has 1 unspecified atom stereocenters. The van der Waals surface area contributed by atoms with Crippen molar-refractivity contribution in [2.45, 2.75) is 44.4 Å². The highest BCUT2D eigenvalue weighted by Gasteiger charge is 2.39. The second kappa shape index (κ2) is 5.54. The van der Waals surface area contributed by atoms with Gasteiger partial charge in [0.15, 0.2) is 0 Å². The molecule has 1 aromatic carbocycles. The van der Waals surface area contributed by atoms with Gasteiger partial charge in [-0.25, -0.2) is 0 Å². The molecule has 1 aliphatic carbocycles. The molecular formula is C16H21NO3. The number of carboxylic acids is 1. The maximum atomic E-state index is 11.5. The molecule has 0 amide bonds. The van der Waals surface area contributed by atoms with Crippen LogP contribution in [0.4, 0.5) is 0 Å². The van der Waals surface area contributed by atoms with Crippen LogP contribution in [0.5, 0.6) is 0 Å². The van der Waals surface area contributed by atoms with Crippen molar-refractivity contribution in [2.75, 3.05) is 13.2 Å². The van der Waals surface area contributed by atoms with Crippen LogP contribution in [0.1, 0.15) is 36.8 Å². The molecule has 0 aromatic heterocycles. The van der Waals surface area contributed by atoms with E-state index in [2.05, 4.69) is 11.0 Å². The Balaban J connectivity index is 1.73. The number of ether oxygens (including phenoxy) is 1. The van der Waals surface area contributed by atoms with Gasteiger partial charge < -0.3 is 9.84 Å². The lowest BCUT2D eigenvalue weighted by atomic mass is 9.83. The third-order valence-corrected chi connectivity index (χ3v) is 4.51. The van der Waals surface area contributed by atoms with E-state index >= 15 is 0 Å². The summed E-state index contributed by atoms with van der Waals surface area (Å²) in [6.45, 7) is 4.27. The van der Waals surface area contributed by atoms with E-state index in [-0.39, 0.29) is 0 Å². The van der Waals surface area contributed by atoms with Gasteiger partial charge in [0, 0.05) is 25.7 Å².